The van der Waals surface area contributed by atoms with Gasteiger partial charge in [0.05, 0.1) is 16.8 Å². The summed E-state index contributed by atoms with van der Waals surface area (Å²) in [5, 5.41) is 15.1. The molecule has 0 bridgehead atoms. The van der Waals surface area contributed by atoms with Crippen LogP contribution >= 0.6 is 0 Å². The Hall–Kier alpha value is -3.50. The molecular weight excluding hydrogens is 432 g/mol. The molecule has 0 aliphatic carbocycles. The van der Waals surface area contributed by atoms with Crippen molar-refractivity contribution in [2.24, 2.45) is 0 Å². The van der Waals surface area contributed by atoms with Crippen LogP contribution < -0.4 is 0 Å². The number of aryl methyl sites for hydroxylation is 2. The molecule has 32 heavy (non-hydrogen) atoms. The average Bonchev–Trinajstić information content (AvgIpc) is 3.15. The van der Waals surface area contributed by atoms with Crippen LogP contribution in [0, 0.1) is 12.7 Å². The second-order valence-electron chi connectivity index (χ2n) is 7.23. The first-order chi connectivity index (χ1) is 15.0. The number of aromatic nitrogens is 3. The largest absolute Gasteiger partial charge is 0.490 e. The highest BCUT2D eigenvalue weighted by Gasteiger charge is 2.38. The summed E-state index contributed by atoms with van der Waals surface area (Å²) in [6.45, 7) is 5.06. The minimum atomic E-state index is -5.08. The van der Waals surface area contributed by atoms with E-state index in [9.17, 15) is 22.4 Å². The van der Waals surface area contributed by atoms with Crippen molar-refractivity contribution in [1.82, 2.24) is 20.1 Å². The zero-order valence-corrected chi connectivity index (χ0v) is 17.3. The van der Waals surface area contributed by atoms with E-state index in [1.165, 1.54) is 12.1 Å². The van der Waals surface area contributed by atoms with Crippen molar-refractivity contribution in [2.45, 2.75) is 39.4 Å². The molecule has 1 amide bonds. The van der Waals surface area contributed by atoms with Crippen LogP contribution in [-0.4, -0.2) is 49.8 Å². The second-order valence-corrected chi connectivity index (χ2v) is 7.23. The highest BCUT2D eigenvalue weighted by Crippen LogP contribution is 2.26. The van der Waals surface area contributed by atoms with Gasteiger partial charge in [0.15, 0.2) is 0 Å². The summed E-state index contributed by atoms with van der Waals surface area (Å²) in [6, 6.07) is 6.12. The maximum absolute atomic E-state index is 13.7. The number of aromatic amines is 1. The number of hydrogen-bond donors (Lipinski definition) is 2. The highest BCUT2D eigenvalue weighted by molar-refractivity contribution is 6.06. The lowest BCUT2D eigenvalue weighted by Crippen LogP contribution is -2.36. The van der Waals surface area contributed by atoms with Crippen molar-refractivity contribution < 1.29 is 32.3 Å². The first-order valence-electron chi connectivity index (χ1n) is 9.72. The monoisotopic (exact) mass is 452 g/mol. The van der Waals surface area contributed by atoms with Gasteiger partial charge in [-0.25, -0.2) is 9.18 Å². The lowest BCUT2D eigenvalue weighted by molar-refractivity contribution is -0.192. The summed E-state index contributed by atoms with van der Waals surface area (Å²) >= 11 is 0. The molecule has 2 N–H and O–H groups in total. The molecule has 4 rings (SSSR count). The predicted octanol–water partition coefficient (Wildman–Crippen LogP) is 3.80. The topological polar surface area (TPSA) is 99.2 Å². The van der Waals surface area contributed by atoms with Gasteiger partial charge in [-0.1, -0.05) is 6.92 Å². The Morgan fingerprint density at radius 2 is 1.94 bits per heavy atom. The van der Waals surface area contributed by atoms with E-state index in [2.05, 4.69) is 22.1 Å². The van der Waals surface area contributed by atoms with Crippen molar-refractivity contribution in [2.75, 3.05) is 6.54 Å². The number of hydrogen-bond acceptors (Lipinski definition) is 4. The number of rotatable bonds is 2. The molecule has 0 saturated heterocycles. The number of H-pyrrole nitrogens is 1. The first kappa shape index (κ1) is 23.2. The van der Waals surface area contributed by atoms with E-state index >= 15 is 0 Å². The number of carbonyl (C=O) groups excluding carboxylic acids is 1. The molecule has 1 aliphatic heterocycles. The number of halogens is 4. The molecule has 0 atom stereocenters. The SMILES string of the molecule is CCc1n[nH]c2c1CN(C(=O)c1cc(C)nc3ccc(F)cc13)CC2.O=C(O)C(F)(F)F. The highest BCUT2D eigenvalue weighted by atomic mass is 19.4. The molecule has 1 aliphatic rings. The lowest BCUT2D eigenvalue weighted by Gasteiger charge is -2.27. The molecule has 0 spiro atoms. The van der Waals surface area contributed by atoms with Gasteiger partial charge in [-0.3, -0.25) is 14.9 Å². The number of carboxylic acids is 1. The van der Waals surface area contributed by atoms with E-state index < -0.39 is 12.1 Å². The number of alkyl halides is 3. The Balaban J connectivity index is 0.000000360. The number of pyridine rings is 1. The molecule has 3 heterocycles. The summed E-state index contributed by atoms with van der Waals surface area (Å²) in [6.07, 6.45) is -3.50. The summed E-state index contributed by atoms with van der Waals surface area (Å²) in [5.74, 6) is -3.21. The molecule has 3 aromatic rings. The standard InChI is InChI=1S/C19H19FN4O.C2HF3O2/c1-3-16-15-10-24(7-6-18(15)23-22-16)19(25)14-8-11(2)21-17-5-4-12(20)9-13(14)17;3-2(4,5)1(6)7/h4-5,8-9H,3,6-7,10H2,1-2H3,(H,22,23);(H,6,7). The minimum absolute atomic E-state index is 0.0880. The number of carboxylic acid groups (broad SMARTS) is 1. The third kappa shape index (κ3) is 4.87. The summed E-state index contributed by atoms with van der Waals surface area (Å²) in [4.78, 5) is 28.3. The summed E-state index contributed by atoms with van der Waals surface area (Å²) in [5.41, 5.74) is 5.13. The molecule has 11 heteroatoms. The quantitative estimate of drug-likeness (QED) is 0.577. The number of nitrogens with zero attached hydrogens (tertiary/aromatic N) is 3. The van der Waals surface area contributed by atoms with Crippen molar-refractivity contribution >= 4 is 22.8 Å². The Bertz CT molecular complexity index is 1160. The Kier molecular flexibility index (Phi) is 6.47. The van der Waals surface area contributed by atoms with Crippen molar-refractivity contribution in [3.8, 4) is 0 Å². The molecule has 0 saturated carbocycles. The van der Waals surface area contributed by atoms with E-state index in [0.717, 1.165) is 35.5 Å². The van der Waals surface area contributed by atoms with Crippen LogP contribution in [0.5, 0.6) is 0 Å². The number of fused-ring (bicyclic) bond motifs is 2. The number of benzene rings is 1. The fourth-order valence-corrected chi connectivity index (χ4v) is 3.50. The van der Waals surface area contributed by atoms with Crippen LogP contribution in [0.25, 0.3) is 10.9 Å². The number of aliphatic carboxylic acids is 1. The first-order valence-corrected chi connectivity index (χ1v) is 9.72. The smallest absolute Gasteiger partial charge is 0.475 e. The maximum Gasteiger partial charge on any atom is 0.490 e. The van der Waals surface area contributed by atoms with E-state index in [4.69, 9.17) is 9.90 Å². The van der Waals surface area contributed by atoms with Crippen LogP contribution in [0.15, 0.2) is 24.3 Å². The minimum Gasteiger partial charge on any atom is -0.475 e. The molecule has 1 aromatic carbocycles. The number of nitrogens with one attached hydrogen (secondary N) is 1. The predicted molar refractivity (Wildman–Crippen MR) is 107 cm³/mol. The third-order valence-corrected chi connectivity index (χ3v) is 5.01. The number of amides is 1. The fourth-order valence-electron chi connectivity index (χ4n) is 3.50. The van der Waals surface area contributed by atoms with Crippen LogP contribution in [0.2, 0.25) is 0 Å². The van der Waals surface area contributed by atoms with Gasteiger partial charge in [-0.2, -0.15) is 18.3 Å². The fraction of sp³-hybridized carbons (Fsp3) is 0.333. The van der Waals surface area contributed by atoms with Gasteiger partial charge in [0, 0.05) is 41.8 Å². The van der Waals surface area contributed by atoms with Crippen molar-refractivity contribution in [1.29, 1.82) is 0 Å². The maximum atomic E-state index is 13.7. The average molecular weight is 452 g/mol. The Labute approximate surface area is 180 Å². The van der Waals surface area contributed by atoms with Crippen LogP contribution in [0.1, 0.15) is 39.9 Å². The van der Waals surface area contributed by atoms with E-state index in [-0.39, 0.29) is 11.7 Å². The summed E-state index contributed by atoms with van der Waals surface area (Å²) < 4.78 is 45.4. The van der Waals surface area contributed by atoms with Crippen LogP contribution in [-0.2, 0) is 24.2 Å². The van der Waals surface area contributed by atoms with Crippen molar-refractivity contribution in [3.63, 3.8) is 0 Å². The molecular formula is C21H20F4N4O3. The van der Waals surface area contributed by atoms with Gasteiger partial charge >= 0.3 is 12.1 Å². The molecule has 7 nitrogen and oxygen atoms in total. The van der Waals surface area contributed by atoms with Crippen molar-refractivity contribution in [3.05, 3.63) is 58.3 Å². The zero-order valence-electron chi connectivity index (χ0n) is 17.3. The molecule has 0 unspecified atom stereocenters. The van der Waals surface area contributed by atoms with E-state index in [1.54, 1.807) is 12.1 Å². The van der Waals surface area contributed by atoms with Crippen LogP contribution in [0.3, 0.4) is 0 Å². The zero-order chi connectivity index (χ0) is 23.6. The Morgan fingerprint density at radius 1 is 1.25 bits per heavy atom. The van der Waals surface area contributed by atoms with Gasteiger partial charge in [0.1, 0.15) is 5.82 Å². The Morgan fingerprint density at radius 3 is 2.56 bits per heavy atom. The summed E-state index contributed by atoms with van der Waals surface area (Å²) in [7, 11) is 0. The van der Waals surface area contributed by atoms with Gasteiger partial charge in [-0.05, 0) is 37.6 Å². The molecule has 2 aromatic heterocycles. The van der Waals surface area contributed by atoms with E-state index in [1.807, 2.05) is 11.8 Å². The van der Waals surface area contributed by atoms with Gasteiger partial charge < -0.3 is 10.0 Å². The second kappa shape index (κ2) is 8.93. The third-order valence-electron chi connectivity index (χ3n) is 5.01. The van der Waals surface area contributed by atoms with Gasteiger partial charge in [0.2, 0.25) is 0 Å². The molecule has 0 fully saturated rings. The lowest BCUT2D eigenvalue weighted by atomic mass is 10.0. The molecule has 170 valence electrons. The van der Waals surface area contributed by atoms with E-state index in [0.29, 0.717) is 29.6 Å². The normalized spacial score (nSPS) is 13.4. The van der Waals surface area contributed by atoms with Crippen LogP contribution in [0.4, 0.5) is 17.6 Å². The van der Waals surface area contributed by atoms with Gasteiger partial charge in [0.25, 0.3) is 5.91 Å². The molecule has 0 radical (unpaired) electrons. The van der Waals surface area contributed by atoms with Gasteiger partial charge in [-0.15, -0.1) is 0 Å². The number of carbonyl (C=O) groups is 2.